The smallest absolute Gasteiger partial charge is 0.485 e. The fourth-order valence-corrected chi connectivity index (χ4v) is 3.88. The maximum atomic E-state index is 14.5. The van der Waals surface area contributed by atoms with E-state index in [1.807, 2.05) is 27.7 Å². The molecule has 1 saturated heterocycles. The van der Waals surface area contributed by atoms with Crippen molar-refractivity contribution in [3.63, 3.8) is 0 Å². The van der Waals surface area contributed by atoms with Crippen molar-refractivity contribution in [3.05, 3.63) is 46.3 Å². The van der Waals surface area contributed by atoms with Crippen LogP contribution in [0.5, 0.6) is 5.75 Å². The van der Waals surface area contributed by atoms with Crippen molar-refractivity contribution in [2.24, 2.45) is 0 Å². The van der Waals surface area contributed by atoms with Crippen LogP contribution in [0.15, 0.2) is 29.9 Å². The molecule has 2 heterocycles. The quantitative estimate of drug-likeness (QED) is 0.752. The van der Waals surface area contributed by atoms with Crippen LogP contribution in [-0.4, -0.2) is 36.6 Å². The fraction of sp³-hybridized carbons (Fsp3) is 0.524. The largest absolute Gasteiger partial charge is 0.496 e. The zero-order valence-electron chi connectivity index (χ0n) is 17.0. The van der Waals surface area contributed by atoms with Gasteiger partial charge in [-0.2, -0.15) is 0 Å². The Morgan fingerprint density at radius 1 is 1.14 bits per heavy atom. The second-order valence-electron chi connectivity index (χ2n) is 8.15. The standard InChI is InChI=1S/C20H23BClFO3.CH4O/c1-19(2)20(3,4)26-21(25-19)17-13-10-15(12-8-6-5-7-9-12)24-16(13)11-14(23)18(17)22;1-2/h6,8-9,11,15H,5,7,10H2,1-4H3;2H,1H3. The Balaban J connectivity index is 0.00000109. The van der Waals surface area contributed by atoms with Crippen molar-refractivity contribution < 1.29 is 23.5 Å². The minimum Gasteiger partial charge on any atom is -0.485 e. The predicted octanol–water partition coefficient (Wildman–Crippen LogP) is 3.97. The Hall–Kier alpha value is -1.34. The second kappa shape index (κ2) is 7.83. The predicted molar refractivity (Wildman–Crippen MR) is 110 cm³/mol. The van der Waals surface area contributed by atoms with E-state index in [1.165, 1.54) is 6.07 Å². The van der Waals surface area contributed by atoms with Crippen LogP contribution in [0.4, 0.5) is 4.39 Å². The van der Waals surface area contributed by atoms with Gasteiger partial charge in [0.15, 0.2) is 0 Å². The van der Waals surface area contributed by atoms with Gasteiger partial charge >= 0.3 is 7.12 Å². The first-order chi connectivity index (χ1) is 13.2. The normalized spacial score (nSPS) is 24.2. The number of rotatable bonds is 2. The van der Waals surface area contributed by atoms with Crippen LogP contribution >= 0.6 is 11.6 Å². The number of hydrogen-bond acceptors (Lipinski definition) is 4. The molecule has 1 aliphatic carbocycles. The monoisotopic (exact) mass is 408 g/mol. The van der Waals surface area contributed by atoms with Gasteiger partial charge in [0.2, 0.25) is 0 Å². The number of benzene rings is 1. The molecular weight excluding hydrogens is 381 g/mol. The van der Waals surface area contributed by atoms with E-state index in [4.69, 9.17) is 30.8 Å². The lowest BCUT2D eigenvalue weighted by Crippen LogP contribution is -2.41. The van der Waals surface area contributed by atoms with Gasteiger partial charge in [0, 0.05) is 25.1 Å². The number of fused-ring (bicyclic) bond motifs is 1. The van der Waals surface area contributed by atoms with E-state index in [1.54, 1.807) is 0 Å². The molecule has 152 valence electrons. The molecule has 0 amide bonds. The zero-order valence-corrected chi connectivity index (χ0v) is 17.8. The van der Waals surface area contributed by atoms with E-state index < -0.39 is 24.1 Å². The fourth-order valence-electron chi connectivity index (χ4n) is 3.62. The first kappa shape index (κ1) is 21.4. The molecule has 0 spiro atoms. The Bertz CT molecular complexity index is 803. The molecule has 7 heteroatoms. The van der Waals surface area contributed by atoms with E-state index in [-0.39, 0.29) is 11.1 Å². The molecule has 1 fully saturated rings. The topological polar surface area (TPSA) is 47.9 Å². The van der Waals surface area contributed by atoms with Crippen molar-refractivity contribution >= 4 is 24.2 Å². The Morgan fingerprint density at radius 2 is 1.79 bits per heavy atom. The molecule has 0 aromatic heterocycles. The van der Waals surface area contributed by atoms with Gasteiger partial charge < -0.3 is 19.2 Å². The number of hydrogen-bond donors (Lipinski definition) is 1. The highest BCUT2D eigenvalue weighted by molar-refractivity contribution is 6.66. The van der Waals surface area contributed by atoms with Gasteiger partial charge in [-0.3, -0.25) is 0 Å². The lowest BCUT2D eigenvalue weighted by atomic mass is 9.74. The zero-order chi connectivity index (χ0) is 20.7. The van der Waals surface area contributed by atoms with Crippen LogP contribution in [0.25, 0.3) is 0 Å². The number of aliphatic hydroxyl groups excluding tert-OH is 1. The lowest BCUT2D eigenvalue weighted by molar-refractivity contribution is 0.00578. The summed E-state index contributed by atoms with van der Waals surface area (Å²) >= 11 is 6.36. The third-order valence-electron chi connectivity index (χ3n) is 5.87. The highest BCUT2D eigenvalue weighted by Crippen LogP contribution is 2.40. The SMILES string of the molecule is CC1(C)OB(c2c(Cl)c(F)cc3c2CC(C2=CCCC=C2)O3)OC1(C)C.CO. The number of halogens is 2. The van der Waals surface area contributed by atoms with Crippen molar-refractivity contribution in [2.75, 3.05) is 7.11 Å². The van der Waals surface area contributed by atoms with Gasteiger partial charge in [-0.25, -0.2) is 4.39 Å². The maximum Gasteiger partial charge on any atom is 0.496 e. The average molecular weight is 409 g/mol. The van der Waals surface area contributed by atoms with Crippen LogP contribution in [-0.2, 0) is 15.7 Å². The van der Waals surface area contributed by atoms with Crippen molar-refractivity contribution in [1.29, 1.82) is 0 Å². The van der Waals surface area contributed by atoms with E-state index in [0.29, 0.717) is 17.6 Å². The third kappa shape index (κ3) is 3.63. The third-order valence-corrected chi connectivity index (χ3v) is 6.25. The van der Waals surface area contributed by atoms with Crippen molar-refractivity contribution in [1.82, 2.24) is 0 Å². The molecule has 1 aromatic carbocycles. The molecule has 0 saturated carbocycles. The van der Waals surface area contributed by atoms with Gasteiger partial charge in [-0.1, -0.05) is 29.8 Å². The molecule has 1 N–H and O–H groups in total. The molecular formula is C21H27BClFO4. The van der Waals surface area contributed by atoms with Crippen LogP contribution in [0.3, 0.4) is 0 Å². The number of ether oxygens (including phenoxy) is 1. The van der Waals surface area contributed by atoms with Gasteiger partial charge in [0.05, 0.1) is 16.2 Å². The number of aliphatic hydroxyl groups is 1. The highest BCUT2D eigenvalue weighted by atomic mass is 35.5. The van der Waals surface area contributed by atoms with E-state index in [0.717, 1.165) is 31.1 Å². The summed E-state index contributed by atoms with van der Waals surface area (Å²) in [6, 6.07) is 1.37. The van der Waals surface area contributed by atoms with E-state index in [2.05, 4.69) is 18.2 Å². The summed E-state index contributed by atoms with van der Waals surface area (Å²) in [7, 11) is 0.287. The summed E-state index contributed by atoms with van der Waals surface area (Å²) < 4.78 is 32.8. The van der Waals surface area contributed by atoms with Gasteiger partial charge in [0.25, 0.3) is 0 Å². The van der Waals surface area contributed by atoms with Crippen molar-refractivity contribution in [2.45, 2.75) is 64.3 Å². The van der Waals surface area contributed by atoms with Crippen LogP contribution in [0.1, 0.15) is 46.1 Å². The van der Waals surface area contributed by atoms with Gasteiger partial charge in [0.1, 0.15) is 17.7 Å². The molecule has 28 heavy (non-hydrogen) atoms. The molecule has 4 rings (SSSR count). The molecule has 2 aliphatic heterocycles. The number of allylic oxidation sites excluding steroid dienone is 2. The minimum atomic E-state index is -0.713. The van der Waals surface area contributed by atoms with Gasteiger partial charge in [-0.15, -0.1) is 0 Å². The van der Waals surface area contributed by atoms with Crippen molar-refractivity contribution in [3.8, 4) is 5.75 Å². The Morgan fingerprint density at radius 3 is 2.36 bits per heavy atom. The molecule has 1 aromatic rings. The van der Waals surface area contributed by atoms with E-state index >= 15 is 0 Å². The lowest BCUT2D eigenvalue weighted by Gasteiger charge is -2.32. The molecule has 4 nitrogen and oxygen atoms in total. The molecule has 0 bridgehead atoms. The molecule has 1 unspecified atom stereocenters. The molecule has 0 radical (unpaired) electrons. The summed E-state index contributed by atoms with van der Waals surface area (Å²) in [6.45, 7) is 7.88. The minimum absolute atomic E-state index is 0.0552. The Kier molecular flexibility index (Phi) is 5.97. The first-order valence-corrected chi connectivity index (χ1v) is 9.92. The van der Waals surface area contributed by atoms with E-state index in [9.17, 15) is 4.39 Å². The second-order valence-corrected chi connectivity index (χ2v) is 8.52. The summed E-state index contributed by atoms with van der Waals surface area (Å²) in [5.41, 5.74) is 1.52. The summed E-state index contributed by atoms with van der Waals surface area (Å²) in [6.07, 6.45) is 8.97. The van der Waals surface area contributed by atoms with Gasteiger partial charge in [-0.05, 0) is 51.7 Å². The van der Waals surface area contributed by atoms with Crippen LogP contribution < -0.4 is 10.2 Å². The van der Waals surface area contributed by atoms with Crippen LogP contribution in [0.2, 0.25) is 5.02 Å². The average Bonchev–Trinajstić information content (AvgIpc) is 3.16. The molecule has 1 atom stereocenters. The van der Waals surface area contributed by atoms with Crippen LogP contribution in [0, 0.1) is 5.82 Å². The summed E-state index contributed by atoms with van der Waals surface area (Å²) in [4.78, 5) is 0. The summed E-state index contributed by atoms with van der Waals surface area (Å²) in [5, 5.41) is 7.06. The highest BCUT2D eigenvalue weighted by Gasteiger charge is 2.53. The molecule has 3 aliphatic rings. The maximum absolute atomic E-state index is 14.5. The first-order valence-electron chi connectivity index (χ1n) is 9.54. The summed E-state index contributed by atoms with van der Waals surface area (Å²) in [5.74, 6) is 0.0189. The Labute approximate surface area is 171 Å².